The second-order valence-electron chi connectivity index (χ2n) is 3.35. The maximum atomic E-state index is 4.60. The molecule has 1 rings (SSSR count). The number of nitrogens with zero attached hydrogens (tertiary/aromatic N) is 2. The first-order chi connectivity index (χ1) is 7.22. The van der Waals surface area contributed by atoms with E-state index in [1.54, 1.807) is 0 Å². The number of anilines is 1. The number of hydrogen-bond acceptors (Lipinski definition) is 3. The number of rotatable bonds is 4. The summed E-state index contributed by atoms with van der Waals surface area (Å²) in [6.45, 7) is 8.39. The molecule has 1 aromatic carbocycles. The molecule has 0 aliphatic heterocycles. The fraction of sp³-hybridized carbons (Fsp3) is 0.417. The lowest BCUT2D eigenvalue weighted by Gasteiger charge is -2.21. The predicted molar refractivity (Wildman–Crippen MR) is 69.4 cm³/mol. The lowest BCUT2D eigenvalue weighted by Crippen LogP contribution is -2.21. The molecule has 0 spiro atoms. The van der Waals surface area contributed by atoms with Crippen LogP contribution < -0.4 is 4.90 Å². The third-order valence-electron chi connectivity index (χ3n) is 2.48. The van der Waals surface area contributed by atoms with Crippen molar-refractivity contribution in [2.45, 2.75) is 20.8 Å². The standard InChI is InChI=1S/C12H16N2S/c1-4-14(5-2)11-6-7-12(13-9-15)10(3)8-11/h6-8H,4-5H2,1-3H3. The van der Waals surface area contributed by atoms with E-state index >= 15 is 0 Å². The van der Waals surface area contributed by atoms with Gasteiger partial charge in [0.15, 0.2) is 0 Å². The SMILES string of the molecule is CCN(CC)c1ccc(N=C=S)c(C)c1. The Labute approximate surface area is 96.6 Å². The summed E-state index contributed by atoms with van der Waals surface area (Å²) in [7, 11) is 0. The number of aliphatic imine (C=N–C) groups is 1. The molecule has 0 amide bonds. The van der Waals surface area contributed by atoms with Crippen molar-refractivity contribution in [3.63, 3.8) is 0 Å². The fourth-order valence-corrected chi connectivity index (χ4v) is 1.70. The first-order valence-electron chi connectivity index (χ1n) is 5.16. The van der Waals surface area contributed by atoms with Gasteiger partial charge in [0.1, 0.15) is 0 Å². The third-order valence-corrected chi connectivity index (χ3v) is 2.57. The molecule has 0 saturated heterocycles. The van der Waals surface area contributed by atoms with E-state index < -0.39 is 0 Å². The van der Waals surface area contributed by atoms with Crippen molar-refractivity contribution in [3.8, 4) is 0 Å². The van der Waals surface area contributed by atoms with Gasteiger partial charge in [0.25, 0.3) is 0 Å². The van der Waals surface area contributed by atoms with Gasteiger partial charge >= 0.3 is 0 Å². The van der Waals surface area contributed by atoms with Gasteiger partial charge in [-0.2, -0.15) is 4.99 Å². The Bertz CT molecular complexity index is 377. The van der Waals surface area contributed by atoms with Crippen LogP contribution in [-0.4, -0.2) is 18.3 Å². The van der Waals surface area contributed by atoms with Crippen molar-refractivity contribution in [2.24, 2.45) is 4.99 Å². The average Bonchev–Trinajstić information content (AvgIpc) is 2.24. The van der Waals surface area contributed by atoms with Crippen molar-refractivity contribution < 1.29 is 0 Å². The Balaban J connectivity index is 3.04. The molecule has 2 nitrogen and oxygen atoms in total. The van der Waals surface area contributed by atoms with Gasteiger partial charge in [0.2, 0.25) is 0 Å². The zero-order chi connectivity index (χ0) is 11.3. The molecule has 0 saturated carbocycles. The van der Waals surface area contributed by atoms with Crippen LogP contribution in [0.2, 0.25) is 0 Å². The molecule has 0 fully saturated rings. The Morgan fingerprint density at radius 3 is 2.47 bits per heavy atom. The number of thiocarbonyl (C=S) groups is 1. The largest absolute Gasteiger partial charge is 0.372 e. The number of aryl methyl sites for hydroxylation is 1. The Morgan fingerprint density at radius 2 is 2.00 bits per heavy atom. The lowest BCUT2D eigenvalue weighted by atomic mass is 10.1. The lowest BCUT2D eigenvalue weighted by molar-refractivity contribution is 0.865. The molecule has 0 radical (unpaired) electrons. The third kappa shape index (κ3) is 2.88. The summed E-state index contributed by atoms with van der Waals surface area (Å²) in [6.07, 6.45) is 0. The molecular formula is C12H16N2S. The van der Waals surface area contributed by atoms with Crippen molar-refractivity contribution in [1.29, 1.82) is 0 Å². The molecule has 3 heteroatoms. The minimum atomic E-state index is 0.904. The van der Waals surface area contributed by atoms with E-state index in [0.717, 1.165) is 24.3 Å². The predicted octanol–water partition coefficient (Wildman–Crippen LogP) is 3.58. The molecule has 80 valence electrons. The summed E-state index contributed by atoms with van der Waals surface area (Å²) in [4.78, 5) is 6.31. The summed E-state index contributed by atoms with van der Waals surface area (Å²) in [5, 5.41) is 2.40. The maximum absolute atomic E-state index is 4.60. The van der Waals surface area contributed by atoms with E-state index in [-0.39, 0.29) is 0 Å². The Kier molecular flexibility index (Phi) is 4.47. The topological polar surface area (TPSA) is 15.6 Å². The fourth-order valence-electron chi connectivity index (χ4n) is 1.60. The normalized spacial score (nSPS) is 9.53. The van der Waals surface area contributed by atoms with E-state index in [1.807, 2.05) is 13.0 Å². The summed E-state index contributed by atoms with van der Waals surface area (Å²) in [5.41, 5.74) is 3.28. The number of isothiocyanates is 1. The highest BCUT2D eigenvalue weighted by Gasteiger charge is 2.03. The molecule has 0 heterocycles. The molecule has 15 heavy (non-hydrogen) atoms. The summed E-state index contributed by atoms with van der Waals surface area (Å²) >= 11 is 4.60. The van der Waals surface area contributed by atoms with Gasteiger partial charge in [0, 0.05) is 18.8 Å². The summed E-state index contributed by atoms with van der Waals surface area (Å²) in [5.74, 6) is 0. The van der Waals surface area contributed by atoms with E-state index in [9.17, 15) is 0 Å². The van der Waals surface area contributed by atoms with Crippen LogP contribution in [0.1, 0.15) is 19.4 Å². The van der Waals surface area contributed by atoms with Crippen LogP contribution >= 0.6 is 12.2 Å². The van der Waals surface area contributed by atoms with Gasteiger partial charge in [-0.15, -0.1) is 0 Å². The average molecular weight is 220 g/mol. The van der Waals surface area contributed by atoms with E-state index in [2.05, 4.69) is 53.3 Å². The molecule has 0 atom stereocenters. The molecule has 0 unspecified atom stereocenters. The summed E-state index contributed by atoms with van der Waals surface area (Å²) < 4.78 is 0. The van der Waals surface area contributed by atoms with Crippen LogP contribution in [0.25, 0.3) is 0 Å². The Morgan fingerprint density at radius 1 is 1.33 bits per heavy atom. The van der Waals surface area contributed by atoms with Gasteiger partial charge in [-0.25, -0.2) is 0 Å². The van der Waals surface area contributed by atoms with E-state index in [4.69, 9.17) is 0 Å². The highest BCUT2D eigenvalue weighted by molar-refractivity contribution is 7.78. The van der Waals surface area contributed by atoms with Gasteiger partial charge in [-0.3, -0.25) is 0 Å². The maximum Gasteiger partial charge on any atom is 0.0770 e. The number of hydrogen-bond donors (Lipinski definition) is 0. The van der Waals surface area contributed by atoms with Crippen molar-refractivity contribution in [1.82, 2.24) is 0 Å². The quantitative estimate of drug-likeness (QED) is 0.569. The van der Waals surface area contributed by atoms with Crippen LogP contribution in [-0.2, 0) is 0 Å². The van der Waals surface area contributed by atoms with E-state index in [0.29, 0.717) is 0 Å². The van der Waals surface area contributed by atoms with Gasteiger partial charge in [-0.1, -0.05) is 0 Å². The first-order valence-corrected chi connectivity index (χ1v) is 5.57. The minimum absolute atomic E-state index is 0.904. The van der Waals surface area contributed by atoms with Crippen molar-refractivity contribution in [3.05, 3.63) is 23.8 Å². The minimum Gasteiger partial charge on any atom is -0.372 e. The van der Waals surface area contributed by atoms with Crippen molar-refractivity contribution >= 4 is 28.8 Å². The first kappa shape index (κ1) is 11.9. The molecule has 0 aliphatic carbocycles. The molecule has 0 bridgehead atoms. The van der Waals surface area contributed by atoms with Crippen LogP contribution in [0.3, 0.4) is 0 Å². The van der Waals surface area contributed by atoms with Gasteiger partial charge < -0.3 is 4.90 Å². The van der Waals surface area contributed by atoms with Crippen LogP contribution in [0.15, 0.2) is 23.2 Å². The highest BCUT2D eigenvalue weighted by atomic mass is 32.1. The highest BCUT2D eigenvalue weighted by Crippen LogP contribution is 2.24. The zero-order valence-corrected chi connectivity index (χ0v) is 10.3. The van der Waals surface area contributed by atoms with Crippen LogP contribution in [0.5, 0.6) is 0 Å². The second kappa shape index (κ2) is 5.64. The van der Waals surface area contributed by atoms with E-state index in [1.165, 1.54) is 5.69 Å². The van der Waals surface area contributed by atoms with Gasteiger partial charge in [-0.05, 0) is 56.8 Å². The molecule has 1 aromatic rings. The molecular weight excluding hydrogens is 204 g/mol. The monoisotopic (exact) mass is 220 g/mol. The summed E-state index contributed by atoms with van der Waals surface area (Å²) in [6, 6.07) is 6.20. The zero-order valence-electron chi connectivity index (χ0n) is 9.45. The molecule has 0 aromatic heterocycles. The second-order valence-corrected chi connectivity index (χ2v) is 3.53. The molecule has 0 aliphatic rings. The van der Waals surface area contributed by atoms with Crippen molar-refractivity contribution in [2.75, 3.05) is 18.0 Å². The van der Waals surface area contributed by atoms with Gasteiger partial charge in [0.05, 0.1) is 10.8 Å². The number of benzene rings is 1. The molecule has 0 N–H and O–H groups in total. The van der Waals surface area contributed by atoms with Crippen LogP contribution in [0.4, 0.5) is 11.4 Å². The van der Waals surface area contributed by atoms with Crippen LogP contribution in [0, 0.1) is 6.92 Å². The smallest absolute Gasteiger partial charge is 0.0770 e. The Hall–Kier alpha value is -1.18.